The van der Waals surface area contributed by atoms with Crippen LogP contribution in [0.3, 0.4) is 0 Å². The molecule has 1 amide bonds. The molecular formula is C18H16N4O2. The summed E-state index contributed by atoms with van der Waals surface area (Å²) >= 11 is 0. The van der Waals surface area contributed by atoms with Crippen LogP contribution >= 0.6 is 0 Å². The highest BCUT2D eigenvalue weighted by molar-refractivity contribution is 5.98. The summed E-state index contributed by atoms with van der Waals surface area (Å²) in [5.74, 6) is 0.547. The number of hydrogen-bond acceptors (Lipinski definition) is 4. The summed E-state index contributed by atoms with van der Waals surface area (Å²) in [6, 6.07) is 9.46. The molecule has 0 saturated carbocycles. The molecule has 0 radical (unpaired) electrons. The average Bonchev–Trinajstić information content (AvgIpc) is 3.22. The lowest BCUT2D eigenvalue weighted by Gasteiger charge is -2.17. The molecule has 6 heteroatoms. The van der Waals surface area contributed by atoms with Gasteiger partial charge in [0.25, 0.3) is 5.91 Å². The summed E-state index contributed by atoms with van der Waals surface area (Å²) < 4.78 is 7.37. The number of hydrogen-bond donors (Lipinski definition) is 0. The molecule has 3 aromatic heterocycles. The van der Waals surface area contributed by atoms with Gasteiger partial charge in [0.1, 0.15) is 23.0 Å². The third-order valence-electron chi connectivity index (χ3n) is 3.75. The molecule has 0 aliphatic rings. The summed E-state index contributed by atoms with van der Waals surface area (Å²) in [6.45, 7) is 2.12. The van der Waals surface area contributed by atoms with Crippen molar-refractivity contribution in [1.82, 2.24) is 14.5 Å². The smallest absolute Gasteiger partial charge is 0.258 e. The van der Waals surface area contributed by atoms with Gasteiger partial charge in [-0.3, -0.25) is 14.3 Å². The number of rotatable bonds is 4. The van der Waals surface area contributed by atoms with Crippen molar-refractivity contribution in [2.24, 2.45) is 0 Å². The molecule has 0 aromatic carbocycles. The van der Waals surface area contributed by atoms with Crippen molar-refractivity contribution in [3.63, 3.8) is 0 Å². The monoisotopic (exact) mass is 320 g/mol. The summed E-state index contributed by atoms with van der Waals surface area (Å²) in [6.07, 6.45) is 6.91. The topological polar surface area (TPSA) is 75.1 Å². The van der Waals surface area contributed by atoms with Gasteiger partial charge in [0.05, 0.1) is 0 Å². The van der Waals surface area contributed by atoms with E-state index in [1.807, 2.05) is 24.3 Å². The number of pyridine rings is 1. The van der Waals surface area contributed by atoms with Crippen LogP contribution in [-0.2, 0) is 6.54 Å². The highest BCUT2D eigenvalue weighted by atomic mass is 16.4. The number of amides is 1. The van der Waals surface area contributed by atoms with E-state index < -0.39 is 0 Å². The molecule has 0 aliphatic carbocycles. The van der Waals surface area contributed by atoms with E-state index in [9.17, 15) is 10.1 Å². The maximum atomic E-state index is 12.8. The van der Waals surface area contributed by atoms with E-state index >= 15 is 0 Å². The lowest BCUT2D eigenvalue weighted by atomic mass is 10.1. The molecule has 24 heavy (non-hydrogen) atoms. The highest BCUT2D eigenvalue weighted by Gasteiger charge is 2.26. The third kappa shape index (κ3) is 2.79. The van der Waals surface area contributed by atoms with Gasteiger partial charge in [-0.15, -0.1) is 0 Å². The number of aromatic nitrogens is 2. The molecule has 0 atom stereocenters. The Morgan fingerprint density at radius 2 is 2.00 bits per heavy atom. The van der Waals surface area contributed by atoms with E-state index in [2.05, 4.69) is 11.1 Å². The van der Waals surface area contributed by atoms with Crippen molar-refractivity contribution in [3.05, 3.63) is 71.5 Å². The van der Waals surface area contributed by atoms with Crippen molar-refractivity contribution in [3.8, 4) is 12.0 Å². The molecule has 0 spiro atoms. The molecule has 0 aliphatic heterocycles. The minimum Gasteiger partial charge on any atom is -0.443 e. The molecule has 6 nitrogen and oxygen atoms in total. The Hall–Kier alpha value is -3.33. The van der Waals surface area contributed by atoms with Crippen molar-refractivity contribution in [2.45, 2.75) is 13.5 Å². The second-order valence-corrected chi connectivity index (χ2v) is 5.43. The first-order chi connectivity index (χ1) is 11.6. The van der Waals surface area contributed by atoms with Crippen LogP contribution in [0.4, 0.5) is 0 Å². The van der Waals surface area contributed by atoms with E-state index in [1.165, 1.54) is 0 Å². The van der Waals surface area contributed by atoms with Crippen LogP contribution in [0.5, 0.6) is 0 Å². The quantitative estimate of drug-likeness (QED) is 0.740. The first kappa shape index (κ1) is 15.6. The van der Waals surface area contributed by atoms with Crippen LogP contribution in [0.25, 0.3) is 5.88 Å². The molecule has 3 aromatic rings. The number of furan rings is 1. The van der Waals surface area contributed by atoms with E-state index in [0.29, 0.717) is 23.8 Å². The molecule has 0 unspecified atom stereocenters. The van der Waals surface area contributed by atoms with Gasteiger partial charge in [0.2, 0.25) is 5.88 Å². The highest BCUT2D eigenvalue weighted by Crippen LogP contribution is 2.26. The zero-order valence-electron chi connectivity index (χ0n) is 13.4. The van der Waals surface area contributed by atoms with E-state index in [1.54, 1.807) is 48.2 Å². The SMILES string of the molecule is Cc1oc(-n2cccc2)c(C#N)c1C(=O)N(C)Cc1ccncc1. The Balaban J connectivity index is 1.94. The average molecular weight is 320 g/mol. The van der Waals surface area contributed by atoms with Gasteiger partial charge in [-0.25, -0.2) is 0 Å². The van der Waals surface area contributed by atoms with Crippen molar-refractivity contribution >= 4 is 5.91 Å². The number of nitrogens with zero attached hydrogens (tertiary/aromatic N) is 4. The minimum atomic E-state index is -0.247. The second-order valence-electron chi connectivity index (χ2n) is 5.43. The minimum absolute atomic E-state index is 0.246. The summed E-state index contributed by atoms with van der Waals surface area (Å²) in [4.78, 5) is 18.4. The fourth-order valence-electron chi connectivity index (χ4n) is 2.57. The number of carbonyl (C=O) groups is 1. The Morgan fingerprint density at radius 3 is 2.62 bits per heavy atom. The normalized spacial score (nSPS) is 10.4. The Labute approximate surface area is 139 Å². The third-order valence-corrected chi connectivity index (χ3v) is 3.75. The lowest BCUT2D eigenvalue weighted by molar-refractivity contribution is 0.0783. The van der Waals surface area contributed by atoms with Crippen LogP contribution in [-0.4, -0.2) is 27.4 Å². The van der Waals surface area contributed by atoms with Gasteiger partial charge in [-0.2, -0.15) is 5.26 Å². The molecular weight excluding hydrogens is 304 g/mol. The van der Waals surface area contributed by atoms with Gasteiger partial charge in [0.15, 0.2) is 0 Å². The van der Waals surface area contributed by atoms with Gasteiger partial charge < -0.3 is 9.32 Å². The molecule has 3 rings (SSSR count). The van der Waals surface area contributed by atoms with Crippen molar-refractivity contribution in [1.29, 1.82) is 5.26 Å². The van der Waals surface area contributed by atoms with Crippen LogP contribution in [0.1, 0.15) is 27.2 Å². The molecule has 120 valence electrons. The van der Waals surface area contributed by atoms with Crippen molar-refractivity contribution in [2.75, 3.05) is 7.05 Å². The van der Waals surface area contributed by atoms with Gasteiger partial charge in [0, 0.05) is 38.4 Å². The summed E-state index contributed by atoms with van der Waals surface area (Å²) in [5.41, 5.74) is 1.51. The maximum Gasteiger partial charge on any atom is 0.258 e. The van der Waals surface area contributed by atoms with Crippen LogP contribution in [0.2, 0.25) is 0 Å². The van der Waals surface area contributed by atoms with Crippen LogP contribution in [0.15, 0.2) is 53.5 Å². The van der Waals surface area contributed by atoms with Gasteiger partial charge >= 0.3 is 0 Å². The Bertz CT molecular complexity index is 889. The lowest BCUT2D eigenvalue weighted by Crippen LogP contribution is -2.27. The van der Waals surface area contributed by atoms with Crippen LogP contribution < -0.4 is 0 Å². The standard InChI is InChI=1S/C18H16N4O2/c1-13-16(15(11-19)18(24-13)22-9-3-4-10-22)17(23)21(2)12-14-5-7-20-8-6-14/h3-10H,12H2,1-2H3. The largest absolute Gasteiger partial charge is 0.443 e. The molecule has 0 N–H and O–H groups in total. The first-order valence-corrected chi connectivity index (χ1v) is 7.43. The second kappa shape index (κ2) is 6.42. The zero-order chi connectivity index (χ0) is 17.1. The van der Waals surface area contributed by atoms with Gasteiger partial charge in [-0.1, -0.05) is 0 Å². The van der Waals surface area contributed by atoms with Gasteiger partial charge in [-0.05, 0) is 36.8 Å². The molecule has 0 bridgehead atoms. The Morgan fingerprint density at radius 1 is 1.33 bits per heavy atom. The van der Waals surface area contributed by atoms with E-state index in [4.69, 9.17) is 4.42 Å². The fourth-order valence-corrected chi connectivity index (χ4v) is 2.57. The fraction of sp³-hybridized carbons (Fsp3) is 0.167. The summed E-state index contributed by atoms with van der Waals surface area (Å²) in [7, 11) is 1.70. The number of aryl methyl sites for hydroxylation is 1. The van der Waals surface area contributed by atoms with E-state index in [-0.39, 0.29) is 11.5 Å². The first-order valence-electron chi connectivity index (χ1n) is 7.43. The molecule has 3 heterocycles. The molecule has 0 saturated heterocycles. The van der Waals surface area contributed by atoms with Crippen LogP contribution in [0, 0.1) is 18.3 Å². The summed E-state index contributed by atoms with van der Waals surface area (Å²) in [5, 5.41) is 9.53. The predicted molar refractivity (Wildman–Crippen MR) is 87.5 cm³/mol. The zero-order valence-corrected chi connectivity index (χ0v) is 13.4. The number of nitriles is 1. The van der Waals surface area contributed by atoms with Crippen molar-refractivity contribution < 1.29 is 9.21 Å². The number of carbonyl (C=O) groups excluding carboxylic acids is 1. The predicted octanol–water partition coefficient (Wildman–Crippen LogP) is 2.92. The van der Waals surface area contributed by atoms with E-state index in [0.717, 1.165) is 5.56 Å². The maximum absolute atomic E-state index is 12.8. The molecule has 0 fully saturated rings. The Kier molecular flexibility index (Phi) is 4.17.